The van der Waals surface area contributed by atoms with Gasteiger partial charge in [-0.1, -0.05) is 15.9 Å². The van der Waals surface area contributed by atoms with Gasteiger partial charge in [-0.3, -0.25) is 9.80 Å². The molecule has 2 saturated heterocycles. The number of hydrogen-bond acceptors (Lipinski definition) is 5. The third-order valence-electron chi connectivity index (χ3n) is 5.74. The Bertz CT molecular complexity index is 661. The quantitative estimate of drug-likeness (QED) is 0.611. The van der Waals surface area contributed by atoms with Crippen LogP contribution in [0.4, 0.5) is 4.79 Å². The van der Waals surface area contributed by atoms with Crippen molar-refractivity contribution in [3.05, 3.63) is 28.7 Å². The summed E-state index contributed by atoms with van der Waals surface area (Å²) >= 11 is 3.45. The van der Waals surface area contributed by atoms with Crippen molar-refractivity contribution in [2.75, 3.05) is 59.0 Å². The van der Waals surface area contributed by atoms with Crippen LogP contribution in [-0.4, -0.2) is 85.4 Å². The predicted molar refractivity (Wildman–Crippen MR) is 123 cm³/mol. The first kappa shape index (κ1) is 23.4. The molecule has 0 radical (unpaired) electrons. The Kier molecular flexibility index (Phi) is 8.43. The number of rotatable bonds is 6. The van der Waals surface area contributed by atoms with Crippen molar-refractivity contribution in [3.63, 3.8) is 0 Å². The van der Waals surface area contributed by atoms with E-state index in [1.807, 2.05) is 49.9 Å². The van der Waals surface area contributed by atoms with Crippen molar-refractivity contribution in [1.29, 1.82) is 0 Å². The smallest absolute Gasteiger partial charge is 0.410 e. The summed E-state index contributed by atoms with van der Waals surface area (Å²) in [5, 5.41) is 0. The second-order valence-electron chi connectivity index (χ2n) is 9.36. The highest BCUT2D eigenvalue weighted by Crippen LogP contribution is 2.20. The molecule has 3 rings (SSSR count). The first-order valence-electron chi connectivity index (χ1n) is 11.1. The summed E-state index contributed by atoms with van der Waals surface area (Å²) in [6, 6.07) is 8.01. The second-order valence-corrected chi connectivity index (χ2v) is 10.3. The monoisotopic (exact) mass is 481 g/mol. The molecule has 2 fully saturated rings. The van der Waals surface area contributed by atoms with Gasteiger partial charge in [0.25, 0.3) is 0 Å². The van der Waals surface area contributed by atoms with Crippen LogP contribution in [0, 0.1) is 5.92 Å². The minimum absolute atomic E-state index is 0.180. The standard InChI is InChI=1S/C23H36BrN3O3/c1-23(2,3)30-22(28)27-14-12-26(13-15-27)18-19-8-10-25(11-9-19)16-17-29-21-6-4-20(24)5-7-21/h4-7,19H,8-18H2,1-3H3. The van der Waals surface area contributed by atoms with E-state index in [1.54, 1.807) is 0 Å². The van der Waals surface area contributed by atoms with Crippen molar-refractivity contribution in [3.8, 4) is 5.75 Å². The molecule has 0 spiro atoms. The molecule has 2 aliphatic rings. The summed E-state index contributed by atoms with van der Waals surface area (Å²) in [5.74, 6) is 1.68. The molecule has 0 aliphatic carbocycles. The molecule has 0 saturated carbocycles. The highest BCUT2D eigenvalue weighted by Gasteiger charge is 2.27. The van der Waals surface area contributed by atoms with Crippen LogP contribution >= 0.6 is 15.9 Å². The Labute approximate surface area is 189 Å². The van der Waals surface area contributed by atoms with Crippen molar-refractivity contribution in [2.45, 2.75) is 39.2 Å². The van der Waals surface area contributed by atoms with E-state index in [0.29, 0.717) is 0 Å². The number of carbonyl (C=O) groups is 1. The zero-order chi connectivity index (χ0) is 21.6. The van der Waals surface area contributed by atoms with Gasteiger partial charge in [0.2, 0.25) is 0 Å². The molecule has 1 amide bonds. The van der Waals surface area contributed by atoms with E-state index in [4.69, 9.17) is 9.47 Å². The topological polar surface area (TPSA) is 45.2 Å². The lowest BCUT2D eigenvalue weighted by atomic mass is 9.96. The van der Waals surface area contributed by atoms with Gasteiger partial charge in [-0.2, -0.15) is 0 Å². The zero-order valence-corrected chi connectivity index (χ0v) is 20.2. The van der Waals surface area contributed by atoms with E-state index in [0.717, 1.165) is 75.1 Å². The second kappa shape index (κ2) is 10.8. The Balaban J connectivity index is 1.29. The van der Waals surface area contributed by atoms with E-state index < -0.39 is 5.60 Å². The van der Waals surface area contributed by atoms with Crippen LogP contribution in [0.1, 0.15) is 33.6 Å². The first-order chi connectivity index (χ1) is 14.3. The highest BCUT2D eigenvalue weighted by atomic mass is 79.9. The number of ether oxygens (including phenoxy) is 2. The van der Waals surface area contributed by atoms with Crippen LogP contribution in [-0.2, 0) is 4.74 Å². The zero-order valence-electron chi connectivity index (χ0n) is 18.6. The molecule has 168 valence electrons. The molecule has 0 unspecified atom stereocenters. The Morgan fingerprint density at radius 2 is 1.63 bits per heavy atom. The van der Waals surface area contributed by atoms with Gasteiger partial charge in [0.05, 0.1) is 0 Å². The minimum Gasteiger partial charge on any atom is -0.492 e. The molecule has 1 aromatic carbocycles. The fraction of sp³-hybridized carbons (Fsp3) is 0.696. The Morgan fingerprint density at radius 1 is 1.00 bits per heavy atom. The van der Waals surface area contributed by atoms with Crippen LogP contribution in [0.25, 0.3) is 0 Å². The van der Waals surface area contributed by atoms with Gasteiger partial charge in [-0.15, -0.1) is 0 Å². The van der Waals surface area contributed by atoms with Crippen molar-refractivity contribution >= 4 is 22.0 Å². The van der Waals surface area contributed by atoms with Gasteiger partial charge in [0.1, 0.15) is 18.0 Å². The van der Waals surface area contributed by atoms with Gasteiger partial charge >= 0.3 is 6.09 Å². The lowest BCUT2D eigenvalue weighted by Crippen LogP contribution is -2.51. The van der Waals surface area contributed by atoms with Crippen molar-refractivity contribution in [2.24, 2.45) is 5.92 Å². The fourth-order valence-corrected chi connectivity index (χ4v) is 4.29. The third kappa shape index (κ3) is 7.75. The van der Waals surface area contributed by atoms with Gasteiger partial charge in [-0.25, -0.2) is 4.79 Å². The summed E-state index contributed by atoms with van der Waals surface area (Å²) in [6.45, 7) is 14.3. The summed E-state index contributed by atoms with van der Waals surface area (Å²) in [4.78, 5) is 19.1. The molecule has 2 heterocycles. The maximum Gasteiger partial charge on any atom is 0.410 e. The number of hydrogen-bond donors (Lipinski definition) is 0. The average molecular weight is 482 g/mol. The molecular weight excluding hydrogens is 446 g/mol. The highest BCUT2D eigenvalue weighted by molar-refractivity contribution is 9.10. The van der Waals surface area contributed by atoms with Crippen LogP contribution < -0.4 is 4.74 Å². The summed E-state index contributed by atoms with van der Waals surface area (Å²) < 4.78 is 12.4. The lowest BCUT2D eigenvalue weighted by Gasteiger charge is -2.39. The predicted octanol–water partition coefficient (Wildman–Crippen LogP) is 4.09. The molecule has 2 aliphatic heterocycles. The van der Waals surface area contributed by atoms with Crippen LogP contribution in [0.3, 0.4) is 0 Å². The molecule has 1 aromatic rings. The molecule has 7 heteroatoms. The fourth-order valence-electron chi connectivity index (χ4n) is 4.02. The number of amides is 1. The number of piperidine rings is 1. The normalized spacial score (nSPS) is 19.7. The van der Waals surface area contributed by atoms with Gasteiger partial charge in [0.15, 0.2) is 0 Å². The number of carbonyl (C=O) groups excluding carboxylic acids is 1. The molecule has 0 bridgehead atoms. The molecule has 0 atom stereocenters. The summed E-state index contributed by atoms with van der Waals surface area (Å²) in [5.41, 5.74) is -0.425. The Morgan fingerprint density at radius 3 is 2.23 bits per heavy atom. The van der Waals surface area contributed by atoms with E-state index in [2.05, 4.69) is 25.7 Å². The SMILES string of the molecule is CC(C)(C)OC(=O)N1CCN(CC2CCN(CCOc3ccc(Br)cc3)CC2)CC1. The van der Waals surface area contributed by atoms with E-state index >= 15 is 0 Å². The number of benzene rings is 1. The molecular formula is C23H36BrN3O3. The van der Waals surface area contributed by atoms with Gasteiger partial charge in [-0.05, 0) is 76.9 Å². The number of likely N-dealkylation sites (tertiary alicyclic amines) is 1. The maximum absolute atomic E-state index is 12.2. The van der Waals surface area contributed by atoms with E-state index in [1.165, 1.54) is 12.8 Å². The molecule has 0 N–H and O–H groups in total. The lowest BCUT2D eigenvalue weighted by molar-refractivity contribution is 0.0122. The third-order valence-corrected chi connectivity index (χ3v) is 6.27. The average Bonchev–Trinajstić information content (AvgIpc) is 2.70. The Hall–Kier alpha value is -1.31. The number of nitrogens with zero attached hydrogens (tertiary/aromatic N) is 3. The van der Waals surface area contributed by atoms with E-state index in [9.17, 15) is 4.79 Å². The maximum atomic E-state index is 12.2. The van der Waals surface area contributed by atoms with Crippen molar-refractivity contribution < 1.29 is 14.3 Å². The molecule has 6 nitrogen and oxygen atoms in total. The first-order valence-corrected chi connectivity index (χ1v) is 11.9. The van der Waals surface area contributed by atoms with Crippen LogP contribution in [0.2, 0.25) is 0 Å². The van der Waals surface area contributed by atoms with E-state index in [-0.39, 0.29) is 6.09 Å². The number of piperazine rings is 1. The largest absolute Gasteiger partial charge is 0.492 e. The minimum atomic E-state index is -0.425. The molecule has 0 aromatic heterocycles. The van der Waals surface area contributed by atoms with Crippen molar-refractivity contribution in [1.82, 2.24) is 14.7 Å². The van der Waals surface area contributed by atoms with Crippen LogP contribution in [0.5, 0.6) is 5.75 Å². The summed E-state index contributed by atoms with van der Waals surface area (Å²) in [6.07, 6.45) is 2.30. The summed E-state index contributed by atoms with van der Waals surface area (Å²) in [7, 11) is 0. The number of halogens is 1. The van der Waals surface area contributed by atoms with Gasteiger partial charge in [0, 0.05) is 43.7 Å². The van der Waals surface area contributed by atoms with Crippen LogP contribution in [0.15, 0.2) is 28.7 Å². The van der Waals surface area contributed by atoms with Gasteiger partial charge < -0.3 is 14.4 Å². The molecule has 30 heavy (non-hydrogen) atoms.